The van der Waals surface area contributed by atoms with Gasteiger partial charge in [-0.05, 0) is 19.9 Å². The first-order valence-corrected chi connectivity index (χ1v) is 5.61. The quantitative estimate of drug-likeness (QED) is 0.484. The standard InChI is InChI=1S/C12H16N2O4/c1-3-18-12(15)10(13)7-9-6-8(2)4-5-11(9)14(16)17/h4-6,10H,3,7,13H2,1-2H3. The maximum absolute atomic E-state index is 11.4. The molecule has 1 atom stereocenters. The minimum Gasteiger partial charge on any atom is -0.465 e. The highest BCUT2D eigenvalue weighted by molar-refractivity contribution is 5.76. The van der Waals surface area contributed by atoms with Crippen molar-refractivity contribution in [1.29, 1.82) is 0 Å². The summed E-state index contributed by atoms with van der Waals surface area (Å²) in [5.74, 6) is -0.548. The lowest BCUT2D eigenvalue weighted by Crippen LogP contribution is -2.34. The van der Waals surface area contributed by atoms with Crippen LogP contribution in [0.25, 0.3) is 0 Å². The van der Waals surface area contributed by atoms with Gasteiger partial charge in [0.2, 0.25) is 0 Å². The average Bonchev–Trinajstić information content (AvgIpc) is 2.28. The van der Waals surface area contributed by atoms with E-state index in [0.29, 0.717) is 5.56 Å². The highest BCUT2D eigenvalue weighted by atomic mass is 16.6. The summed E-state index contributed by atoms with van der Waals surface area (Å²) >= 11 is 0. The molecule has 1 unspecified atom stereocenters. The van der Waals surface area contributed by atoms with E-state index in [4.69, 9.17) is 10.5 Å². The molecule has 1 aromatic rings. The summed E-state index contributed by atoms with van der Waals surface area (Å²) in [6, 6.07) is 3.85. The van der Waals surface area contributed by atoms with Gasteiger partial charge in [-0.25, -0.2) is 0 Å². The van der Waals surface area contributed by atoms with Crippen LogP contribution < -0.4 is 5.73 Å². The van der Waals surface area contributed by atoms with Crippen LogP contribution in [0.4, 0.5) is 5.69 Å². The Morgan fingerprint density at radius 3 is 2.78 bits per heavy atom. The van der Waals surface area contributed by atoms with E-state index in [9.17, 15) is 14.9 Å². The molecule has 0 heterocycles. The molecule has 0 aromatic heterocycles. The van der Waals surface area contributed by atoms with Gasteiger partial charge >= 0.3 is 5.97 Å². The Morgan fingerprint density at radius 1 is 1.56 bits per heavy atom. The van der Waals surface area contributed by atoms with Crippen LogP contribution in [0, 0.1) is 17.0 Å². The number of esters is 1. The van der Waals surface area contributed by atoms with Gasteiger partial charge in [0.25, 0.3) is 5.69 Å². The summed E-state index contributed by atoms with van der Waals surface area (Å²) in [4.78, 5) is 21.8. The SMILES string of the molecule is CCOC(=O)C(N)Cc1cc(C)ccc1[N+](=O)[O-]. The molecule has 6 nitrogen and oxygen atoms in total. The van der Waals surface area contributed by atoms with Crippen molar-refractivity contribution in [2.75, 3.05) is 6.61 Å². The smallest absolute Gasteiger partial charge is 0.323 e. The lowest BCUT2D eigenvalue weighted by atomic mass is 10.0. The van der Waals surface area contributed by atoms with Gasteiger partial charge in [0.1, 0.15) is 6.04 Å². The van der Waals surface area contributed by atoms with Gasteiger partial charge in [-0.2, -0.15) is 0 Å². The molecule has 0 aliphatic rings. The molecule has 1 aromatic carbocycles. The number of nitrogens with two attached hydrogens (primary N) is 1. The normalized spacial score (nSPS) is 11.9. The molecule has 0 aliphatic carbocycles. The van der Waals surface area contributed by atoms with Gasteiger partial charge in [0, 0.05) is 18.1 Å². The van der Waals surface area contributed by atoms with E-state index in [1.807, 2.05) is 6.92 Å². The number of hydrogen-bond acceptors (Lipinski definition) is 5. The molecule has 0 fully saturated rings. The molecule has 0 amide bonds. The second-order valence-electron chi connectivity index (χ2n) is 3.95. The van der Waals surface area contributed by atoms with Crippen LogP contribution in [0.3, 0.4) is 0 Å². The summed E-state index contributed by atoms with van der Waals surface area (Å²) < 4.78 is 4.77. The van der Waals surface area contributed by atoms with E-state index < -0.39 is 16.9 Å². The molecule has 0 radical (unpaired) electrons. The largest absolute Gasteiger partial charge is 0.465 e. The van der Waals surface area contributed by atoms with Crippen molar-refractivity contribution in [3.8, 4) is 0 Å². The van der Waals surface area contributed by atoms with E-state index in [1.165, 1.54) is 6.07 Å². The van der Waals surface area contributed by atoms with Gasteiger partial charge in [-0.15, -0.1) is 0 Å². The van der Waals surface area contributed by atoms with Crippen molar-refractivity contribution >= 4 is 11.7 Å². The average molecular weight is 252 g/mol. The van der Waals surface area contributed by atoms with Gasteiger partial charge in [-0.3, -0.25) is 14.9 Å². The van der Waals surface area contributed by atoms with Crippen molar-refractivity contribution < 1.29 is 14.5 Å². The summed E-state index contributed by atoms with van der Waals surface area (Å²) in [7, 11) is 0. The third-order valence-electron chi connectivity index (χ3n) is 2.46. The Kier molecular flexibility index (Phi) is 4.79. The Balaban J connectivity index is 2.92. The Hall–Kier alpha value is -1.95. The van der Waals surface area contributed by atoms with E-state index in [-0.39, 0.29) is 18.7 Å². The first kappa shape index (κ1) is 14.1. The molecule has 98 valence electrons. The fourth-order valence-corrected chi connectivity index (χ4v) is 1.63. The topological polar surface area (TPSA) is 95.5 Å². The third kappa shape index (κ3) is 3.53. The van der Waals surface area contributed by atoms with Crippen molar-refractivity contribution in [2.24, 2.45) is 5.73 Å². The molecular formula is C12H16N2O4. The molecule has 0 saturated carbocycles. The van der Waals surface area contributed by atoms with Gasteiger partial charge in [-0.1, -0.05) is 11.6 Å². The number of hydrogen-bond donors (Lipinski definition) is 1. The van der Waals surface area contributed by atoms with Crippen LogP contribution in [0.2, 0.25) is 0 Å². The molecular weight excluding hydrogens is 236 g/mol. The van der Waals surface area contributed by atoms with Crippen molar-refractivity contribution in [3.63, 3.8) is 0 Å². The van der Waals surface area contributed by atoms with Gasteiger partial charge in [0.15, 0.2) is 0 Å². The number of carbonyl (C=O) groups excluding carboxylic acids is 1. The summed E-state index contributed by atoms with van der Waals surface area (Å²) in [5, 5.41) is 10.9. The third-order valence-corrected chi connectivity index (χ3v) is 2.46. The monoisotopic (exact) mass is 252 g/mol. The number of rotatable bonds is 5. The number of nitro groups is 1. The van der Waals surface area contributed by atoms with E-state index in [2.05, 4.69) is 0 Å². The Morgan fingerprint density at radius 2 is 2.22 bits per heavy atom. The van der Waals surface area contributed by atoms with E-state index in [1.54, 1.807) is 19.1 Å². The van der Waals surface area contributed by atoms with Crippen LogP contribution in [0.5, 0.6) is 0 Å². The zero-order valence-electron chi connectivity index (χ0n) is 10.4. The molecule has 2 N–H and O–H groups in total. The second-order valence-corrected chi connectivity index (χ2v) is 3.95. The molecule has 18 heavy (non-hydrogen) atoms. The summed E-state index contributed by atoms with van der Waals surface area (Å²) in [5.41, 5.74) is 6.96. The summed E-state index contributed by atoms with van der Waals surface area (Å²) in [6.07, 6.45) is 0.0941. The number of carbonyl (C=O) groups is 1. The highest BCUT2D eigenvalue weighted by Crippen LogP contribution is 2.21. The maximum atomic E-state index is 11.4. The molecule has 0 saturated heterocycles. The molecule has 0 bridgehead atoms. The first-order chi connectivity index (χ1) is 8.45. The fraction of sp³-hybridized carbons (Fsp3) is 0.417. The minimum atomic E-state index is -0.884. The van der Waals surface area contributed by atoms with Crippen LogP contribution in [-0.4, -0.2) is 23.5 Å². The van der Waals surface area contributed by atoms with Crippen molar-refractivity contribution in [3.05, 3.63) is 39.4 Å². The second kappa shape index (κ2) is 6.11. The predicted octanol–water partition coefficient (Wildman–Crippen LogP) is 1.34. The number of nitrogens with zero attached hydrogens (tertiary/aromatic N) is 1. The Labute approximate surface area is 105 Å². The fourth-order valence-electron chi connectivity index (χ4n) is 1.63. The van der Waals surface area contributed by atoms with Crippen LogP contribution in [-0.2, 0) is 16.0 Å². The maximum Gasteiger partial charge on any atom is 0.323 e. The van der Waals surface area contributed by atoms with Crippen LogP contribution >= 0.6 is 0 Å². The molecule has 0 spiro atoms. The number of benzene rings is 1. The molecule has 6 heteroatoms. The zero-order valence-corrected chi connectivity index (χ0v) is 10.4. The van der Waals surface area contributed by atoms with Crippen LogP contribution in [0.15, 0.2) is 18.2 Å². The van der Waals surface area contributed by atoms with Crippen LogP contribution in [0.1, 0.15) is 18.1 Å². The lowest BCUT2D eigenvalue weighted by Gasteiger charge is -2.11. The number of nitro benzene ring substituents is 1. The Bertz CT molecular complexity index is 459. The van der Waals surface area contributed by atoms with E-state index >= 15 is 0 Å². The van der Waals surface area contributed by atoms with Crippen molar-refractivity contribution in [1.82, 2.24) is 0 Å². The molecule has 0 aliphatic heterocycles. The van der Waals surface area contributed by atoms with Crippen molar-refractivity contribution in [2.45, 2.75) is 26.3 Å². The number of ether oxygens (including phenoxy) is 1. The minimum absolute atomic E-state index is 0.0275. The summed E-state index contributed by atoms with van der Waals surface area (Å²) in [6.45, 7) is 3.74. The first-order valence-electron chi connectivity index (χ1n) is 5.61. The van der Waals surface area contributed by atoms with Gasteiger partial charge < -0.3 is 10.5 Å². The zero-order chi connectivity index (χ0) is 13.7. The van der Waals surface area contributed by atoms with Gasteiger partial charge in [0.05, 0.1) is 11.5 Å². The highest BCUT2D eigenvalue weighted by Gasteiger charge is 2.21. The molecule has 1 rings (SSSR count). The number of aryl methyl sites for hydroxylation is 1. The lowest BCUT2D eigenvalue weighted by molar-refractivity contribution is -0.385. The van der Waals surface area contributed by atoms with E-state index in [0.717, 1.165) is 5.56 Å². The predicted molar refractivity (Wildman–Crippen MR) is 66.1 cm³/mol.